The molecule has 4 aromatic rings. The Hall–Kier alpha value is -3.50. The van der Waals surface area contributed by atoms with Gasteiger partial charge in [0.05, 0.1) is 10.8 Å². The van der Waals surface area contributed by atoms with Crippen molar-refractivity contribution in [2.24, 2.45) is 0 Å². The molecule has 1 aliphatic carbocycles. The molecule has 10 heteroatoms. The van der Waals surface area contributed by atoms with Crippen LogP contribution in [0.2, 0.25) is 0 Å². The van der Waals surface area contributed by atoms with E-state index in [4.69, 9.17) is 9.97 Å². The summed E-state index contributed by atoms with van der Waals surface area (Å²) in [6, 6.07) is 21.3. The SMILES string of the molecule is CN(C)c1nc(NC2CCC(NC(=O)C(CC(=O)c3ccc(F)cc3)Sc3ccc(Br)cc3)CC2)nc2ccccc12. The fourth-order valence-corrected chi connectivity index (χ4v) is 6.41. The molecule has 7 nitrogen and oxygen atoms in total. The van der Waals surface area contributed by atoms with Gasteiger partial charge in [0, 0.05) is 52.9 Å². The van der Waals surface area contributed by atoms with E-state index in [-0.39, 0.29) is 30.2 Å². The summed E-state index contributed by atoms with van der Waals surface area (Å²) < 4.78 is 14.3. The van der Waals surface area contributed by atoms with Gasteiger partial charge in [-0.3, -0.25) is 9.59 Å². The summed E-state index contributed by atoms with van der Waals surface area (Å²) in [5.41, 5.74) is 1.29. The predicted molar refractivity (Wildman–Crippen MR) is 171 cm³/mol. The van der Waals surface area contributed by atoms with E-state index < -0.39 is 11.1 Å². The van der Waals surface area contributed by atoms with Crippen molar-refractivity contribution < 1.29 is 14.0 Å². The minimum absolute atomic E-state index is 0.0133. The Morgan fingerprint density at radius 2 is 1.62 bits per heavy atom. The first kappa shape index (κ1) is 30.0. The number of carbonyl (C=O) groups excluding carboxylic acids is 2. The molecule has 5 rings (SSSR count). The highest BCUT2D eigenvalue weighted by molar-refractivity contribution is 9.10. The molecule has 1 amide bonds. The standard InChI is InChI=1S/C32H33BrFN5O2S/c1-39(2)30-26-5-3-4-6-27(26)37-32(38-30)36-24-15-13-23(14-16-24)35-31(41)29(42-25-17-9-21(33)10-18-25)19-28(40)20-7-11-22(34)12-8-20/h3-12,17-18,23-24,29H,13-16,19H2,1-2H3,(H,35,41)(H,36,37,38). The normalized spacial score (nSPS) is 17.4. The van der Waals surface area contributed by atoms with Gasteiger partial charge in [0.1, 0.15) is 11.6 Å². The van der Waals surface area contributed by atoms with Gasteiger partial charge in [-0.25, -0.2) is 9.37 Å². The number of benzene rings is 3. The van der Waals surface area contributed by atoms with Gasteiger partial charge in [0.2, 0.25) is 11.9 Å². The van der Waals surface area contributed by atoms with Gasteiger partial charge >= 0.3 is 0 Å². The third-order valence-electron chi connectivity index (χ3n) is 7.33. The predicted octanol–water partition coefficient (Wildman–Crippen LogP) is 6.87. The van der Waals surface area contributed by atoms with Crippen LogP contribution >= 0.6 is 27.7 Å². The molecular formula is C32H33BrFN5O2S. The number of para-hydroxylation sites is 1. The van der Waals surface area contributed by atoms with Gasteiger partial charge in [-0.2, -0.15) is 4.98 Å². The molecule has 1 saturated carbocycles. The highest BCUT2D eigenvalue weighted by Crippen LogP contribution is 2.30. The Labute approximate surface area is 257 Å². The minimum atomic E-state index is -0.616. The van der Waals surface area contributed by atoms with Crippen LogP contribution in [-0.2, 0) is 4.79 Å². The number of anilines is 2. The smallest absolute Gasteiger partial charge is 0.234 e. The number of hydrogen-bond acceptors (Lipinski definition) is 7. The van der Waals surface area contributed by atoms with Crippen molar-refractivity contribution >= 4 is 62.1 Å². The quantitative estimate of drug-likeness (QED) is 0.143. The summed E-state index contributed by atoms with van der Waals surface area (Å²) in [6.45, 7) is 0. The highest BCUT2D eigenvalue weighted by Gasteiger charge is 2.29. The number of amides is 1. The number of halogens is 2. The van der Waals surface area contributed by atoms with Crippen molar-refractivity contribution in [1.29, 1.82) is 0 Å². The summed E-state index contributed by atoms with van der Waals surface area (Å²) in [5.74, 6) is 0.715. The van der Waals surface area contributed by atoms with Crippen molar-refractivity contribution in [3.63, 3.8) is 0 Å². The minimum Gasteiger partial charge on any atom is -0.362 e. The third-order valence-corrected chi connectivity index (χ3v) is 9.07. The molecule has 0 aliphatic heterocycles. The van der Waals surface area contributed by atoms with Gasteiger partial charge in [-0.1, -0.05) is 28.1 Å². The first-order chi connectivity index (χ1) is 20.2. The van der Waals surface area contributed by atoms with Crippen LogP contribution in [-0.4, -0.2) is 53.1 Å². The van der Waals surface area contributed by atoms with Crippen LogP contribution < -0.4 is 15.5 Å². The number of nitrogens with one attached hydrogen (secondary N) is 2. The molecule has 3 aromatic carbocycles. The summed E-state index contributed by atoms with van der Waals surface area (Å²) in [6.07, 6.45) is 3.34. The van der Waals surface area contributed by atoms with Crippen molar-refractivity contribution in [3.05, 3.63) is 88.6 Å². The molecule has 0 spiro atoms. The number of fused-ring (bicyclic) bond motifs is 1. The van der Waals surface area contributed by atoms with E-state index in [2.05, 4.69) is 26.6 Å². The van der Waals surface area contributed by atoms with E-state index in [0.29, 0.717) is 11.5 Å². The lowest BCUT2D eigenvalue weighted by Crippen LogP contribution is -2.44. The number of Topliss-reactive ketones (excluding diaryl/α,β-unsaturated/α-hetero) is 1. The van der Waals surface area contributed by atoms with Crippen molar-refractivity contribution in [2.45, 2.75) is 54.3 Å². The molecule has 1 atom stereocenters. The van der Waals surface area contributed by atoms with Gasteiger partial charge in [-0.15, -0.1) is 11.8 Å². The van der Waals surface area contributed by atoms with Crippen molar-refractivity contribution in [1.82, 2.24) is 15.3 Å². The van der Waals surface area contributed by atoms with Crippen LogP contribution in [0, 0.1) is 5.82 Å². The topological polar surface area (TPSA) is 87.2 Å². The zero-order chi connectivity index (χ0) is 29.6. The molecule has 1 heterocycles. The van der Waals surface area contributed by atoms with E-state index in [0.717, 1.165) is 51.8 Å². The van der Waals surface area contributed by atoms with E-state index >= 15 is 0 Å². The van der Waals surface area contributed by atoms with Crippen LogP contribution in [0.3, 0.4) is 0 Å². The first-order valence-corrected chi connectivity index (χ1v) is 15.6. The molecular weight excluding hydrogens is 617 g/mol. The molecule has 1 fully saturated rings. The van der Waals surface area contributed by atoms with Crippen LogP contribution in [0.5, 0.6) is 0 Å². The van der Waals surface area contributed by atoms with Crippen molar-refractivity contribution in [2.75, 3.05) is 24.3 Å². The highest BCUT2D eigenvalue weighted by atomic mass is 79.9. The summed E-state index contributed by atoms with van der Waals surface area (Å²) in [5, 5.41) is 7.10. The Balaban J connectivity index is 1.21. The molecule has 1 unspecified atom stereocenters. The first-order valence-electron chi connectivity index (χ1n) is 14.0. The molecule has 0 bridgehead atoms. The molecule has 0 saturated heterocycles. The number of aromatic nitrogens is 2. The van der Waals surface area contributed by atoms with Gasteiger partial charge in [0.25, 0.3) is 0 Å². The summed E-state index contributed by atoms with van der Waals surface area (Å²) in [7, 11) is 3.95. The van der Waals surface area contributed by atoms with Crippen LogP contribution in [0.4, 0.5) is 16.2 Å². The zero-order valence-corrected chi connectivity index (χ0v) is 25.9. The molecule has 0 radical (unpaired) electrons. The Bertz CT molecular complexity index is 1540. The number of thioether (sulfide) groups is 1. The monoisotopic (exact) mass is 649 g/mol. The van der Waals surface area contributed by atoms with Gasteiger partial charge in [0.15, 0.2) is 5.78 Å². The van der Waals surface area contributed by atoms with Crippen LogP contribution in [0.15, 0.2) is 82.2 Å². The van der Waals surface area contributed by atoms with E-state index in [1.165, 1.54) is 36.0 Å². The second-order valence-corrected chi connectivity index (χ2v) is 12.9. The lowest BCUT2D eigenvalue weighted by molar-refractivity contribution is -0.121. The number of carbonyl (C=O) groups is 2. The molecule has 42 heavy (non-hydrogen) atoms. The second-order valence-electron chi connectivity index (χ2n) is 10.7. The maximum atomic E-state index is 13.5. The van der Waals surface area contributed by atoms with E-state index in [1.807, 2.05) is 67.5 Å². The average molecular weight is 651 g/mol. The summed E-state index contributed by atoms with van der Waals surface area (Å²) in [4.78, 5) is 38.9. The zero-order valence-electron chi connectivity index (χ0n) is 23.5. The average Bonchev–Trinajstić information content (AvgIpc) is 2.98. The Morgan fingerprint density at radius 3 is 2.31 bits per heavy atom. The Morgan fingerprint density at radius 1 is 0.952 bits per heavy atom. The lowest BCUT2D eigenvalue weighted by Gasteiger charge is -2.31. The molecule has 1 aromatic heterocycles. The molecule has 1 aliphatic rings. The van der Waals surface area contributed by atoms with Crippen LogP contribution in [0.25, 0.3) is 10.9 Å². The number of rotatable bonds is 10. The van der Waals surface area contributed by atoms with Crippen LogP contribution in [0.1, 0.15) is 42.5 Å². The second kappa shape index (κ2) is 13.6. The largest absolute Gasteiger partial charge is 0.362 e. The summed E-state index contributed by atoms with van der Waals surface area (Å²) >= 11 is 4.81. The number of nitrogens with zero attached hydrogens (tertiary/aromatic N) is 3. The molecule has 218 valence electrons. The molecule has 2 N–H and O–H groups in total. The number of ketones is 1. The maximum Gasteiger partial charge on any atom is 0.234 e. The maximum absolute atomic E-state index is 13.5. The van der Waals surface area contributed by atoms with Gasteiger partial charge < -0.3 is 15.5 Å². The fourth-order valence-electron chi connectivity index (χ4n) is 5.11. The fraction of sp³-hybridized carbons (Fsp3) is 0.312. The van der Waals surface area contributed by atoms with Crippen molar-refractivity contribution in [3.8, 4) is 0 Å². The van der Waals surface area contributed by atoms with E-state index in [9.17, 15) is 14.0 Å². The van der Waals surface area contributed by atoms with E-state index in [1.54, 1.807) is 0 Å². The number of hydrogen-bond donors (Lipinski definition) is 2. The van der Waals surface area contributed by atoms with Gasteiger partial charge in [-0.05, 0) is 86.3 Å². The third kappa shape index (κ3) is 7.66. The Kier molecular flexibility index (Phi) is 9.74. The lowest BCUT2D eigenvalue weighted by atomic mass is 9.91.